The van der Waals surface area contributed by atoms with Crippen molar-refractivity contribution >= 4 is 5.69 Å². The first-order valence-electron chi connectivity index (χ1n) is 6.15. The van der Waals surface area contributed by atoms with E-state index in [4.69, 9.17) is 0 Å². The summed E-state index contributed by atoms with van der Waals surface area (Å²) >= 11 is 0. The molecule has 0 radical (unpaired) electrons. The number of anilines is 1. The number of hydrogen-bond donors (Lipinski definition) is 1. The molecule has 88 valence electrons. The number of hydrogen-bond acceptors (Lipinski definition) is 2. The van der Waals surface area contributed by atoms with Gasteiger partial charge in [-0.2, -0.15) is 0 Å². The van der Waals surface area contributed by atoms with Gasteiger partial charge in [-0.1, -0.05) is 18.2 Å². The van der Waals surface area contributed by atoms with Crippen molar-refractivity contribution < 1.29 is 0 Å². The molecule has 1 aliphatic heterocycles. The van der Waals surface area contributed by atoms with Crippen molar-refractivity contribution in [3.8, 4) is 0 Å². The van der Waals surface area contributed by atoms with Crippen molar-refractivity contribution in [2.24, 2.45) is 0 Å². The minimum absolute atomic E-state index is 0.186. The van der Waals surface area contributed by atoms with E-state index in [1.165, 1.54) is 30.6 Å². The molecular formula is C14H22N2. The molecule has 1 heterocycles. The zero-order valence-corrected chi connectivity index (χ0v) is 10.6. The molecule has 2 rings (SSSR count). The lowest BCUT2D eigenvalue weighted by Gasteiger charge is -2.43. The van der Waals surface area contributed by atoms with Crippen molar-refractivity contribution in [1.29, 1.82) is 0 Å². The number of aryl methyl sites for hydroxylation is 1. The summed E-state index contributed by atoms with van der Waals surface area (Å²) in [6.45, 7) is 6.81. The van der Waals surface area contributed by atoms with Gasteiger partial charge >= 0.3 is 0 Å². The highest BCUT2D eigenvalue weighted by atomic mass is 15.2. The predicted molar refractivity (Wildman–Crippen MR) is 70.1 cm³/mol. The van der Waals surface area contributed by atoms with Crippen molar-refractivity contribution in [1.82, 2.24) is 5.32 Å². The lowest BCUT2D eigenvalue weighted by Crippen LogP contribution is -2.52. The van der Waals surface area contributed by atoms with Crippen molar-refractivity contribution in [2.75, 3.05) is 25.0 Å². The molecule has 1 aliphatic rings. The Hall–Kier alpha value is -1.02. The summed E-state index contributed by atoms with van der Waals surface area (Å²) in [5.74, 6) is 0. The lowest BCUT2D eigenvalue weighted by atomic mass is 9.94. The van der Waals surface area contributed by atoms with Crippen LogP contribution in [0.2, 0.25) is 0 Å². The van der Waals surface area contributed by atoms with E-state index in [0.717, 1.165) is 6.54 Å². The maximum absolute atomic E-state index is 3.29. The summed E-state index contributed by atoms with van der Waals surface area (Å²) < 4.78 is 0. The van der Waals surface area contributed by atoms with Crippen LogP contribution in [-0.4, -0.2) is 25.7 Å². The fourth-order valence-electron chi connectivity index (χ4n) is 2.69. The van der Waals surface area contributed by atoms with Crippen LogP contribution in [0.15, 0.2) is 24.3 Å². The monoisotopic (exact) mass is 218 g/mol. The minimum atomic E-state index is 0.186. The van der Waals surface area contributed by atoms with Gasteiger partial charge in [0.1, 0.15) is 0 Å². The van der Waals surface area contributed by atoms with Gasteiger partial charge in [-0.15, -0.1) is 0 Å². The van der Waals surface area contributed by atoms with Crippen molar-refractivity contribution in [2.45, 2.75) is 32.2 Å². The Bertz CT molecular complexity index is 358. The van der Waals surface area contributed by atoms with Gasteiger partial charge in [0.15, 0.2) is 0 Å². The molecule has 0 fully saturated rings. The zero-order chi connectivity index (χ0) is 11.6. The molecule has 2 heteroatoms. The lowest BCUT2D eigenvalue weighted by molar-refractivity contribution is 0.427. The fraction of sp³-hybridized carbons (Fsp3) is 0.571. The highest BCUT2D eigenvalue weighted by molar-refractivity contribution is 5.57. The molecule has 0 unspecified atom stereocenters. The van der Waals surface area contributed by atoms with Crippen LogP contribution in [-0.2, 0) is 6.42 Å². The van der Waals surface area contributed by atoms with E-state index in [-0.39, 0.29) is 5.54 Å². The third-order valence-corrected chi connectivity index (χ3v) is 3.45. The van der Waals surface area contributed by atoms with E-state index in [0.29, 0.717) is 0 Å². The number of nitrogens with zero attached hydrogens (tertiary/aromatic N) is 1. The van der Waals surface area contributed by atoms with Crippen LogP contribution in [0.1, 0.15) is 25.8 Å². The molecule has 0 saturated heterocycles. The first kappa shape index (κ1) is 11.5. The Morgan fingerprint density at radius 3 is 2.81 bits per heavy atom. The quantitative estimate of drug-likeness (QED) is 0.838. The second kappa shape index (κ2) is 4.46. The second-order valence-electron chi connectivity index (χ2n) is 5.23. The molecule has 16 heavy (non-hydrogen) atoms. The Labute approximate surface area is 98.7 Å². The first-order valence-corrected chi connectivity index (χ1v) is 6.15. The molecule has 0 bridgehead atoms. The highest BCUT2D eigenvalue weighted by Crippen LogP contribution is 2.32. The maximum Gasteiger partial charge on any atom is 0.0470 e. The smallest absolute Gasteiger partial charge is 0.0470 e. The summed E-state index contributed by atoms with van der Waals surface area (Å²) in [6.07, 6.45) is 2.49. The van der Waals surface area contributed by atoms with E-state index in [1.807, 2.05) is 7.05 Å². The van der Waals surface area contributed by atoms with E-state index >= 15 is 0 Å². The third-order valence-electron chi connectivity index (χ3n) is 3.45. The van der Waals surface area contributed by atoms with Gasteiger partial charge in [-0.25, -0.2) is 0 Å². The predicted octanol–water partition coefficient (Wildman–Crippen LogP) is 2.44. The van der Waals surface area contributed by atoms with Crippen LogP contribution in [0.3, 0.4) is 0 Å². The van der Waals surface area contributed by atoms with Gasteiger partial charge in [0.2, 0.25) is 0 Å². The van der Waals surface area contributed by atoms with Crippen LogP contribution >= 0.6 is 0 Å². The fourth-order valence-corrected chi connectivity index (χ4v) is 2.69. The molecule has 0 aliphatic carbocycles. The van der Waals surface area contributed by atoms with Gasteiger partial charge in [-0.3, -0.25) is 0 Å². The SMILES string of the molecule is CNCC(C)(C)N1CCCc2ccccc21. The number of fused-ring (bicyclic) bond motifs is 1. The molecule has 0 spiro atoms. The third kappa shape index (κ3) is 2.07. The molecular weight excluding hydrogens is 196 g/mol. The molecule has 1 N–H and O–H groups in total. The van der Waals surface area contributed by atoms with Crippen LogP contribution in [0.5, 0.6) is 0 Å². The maximum atomic E-state index is 3.29. The van der Waals surface area contributed by atoms with Gasteiger partial charge < -0.3 is 10.2 Å². The van der Waals surface area contributed by atoms with Crippen LogP contribution in [0, 0.1) is 0 Å². The number of benzene rings is 1. The molecule has 0 aromatic heterocycles. The summed E-state index contributed by atoms with van der Waals surface area (Å²) in [5, 5.41) is 3.29. The van der Waals surface area contributed by atoms with Gasteiger partial charge in [0, 0.05) is 24.3 Å². The van der Waals surface area contributed by atoms with Crippen LogP contribution in [0.4, 0.5) is 5.69 Å². The summed E-state index contributed by atoms with van der Waals surface area (Å²) in [4.78, 5) is 2.54. The average molecular weight is 218 g/mol. The Morgan fingerprint density at radius 2 is 2.06 bits per heavy atom. The van der Waals surface area contributed by atoms with E-state index in [2.05, 4.69) is 48.3 Å². The van der Waals surface area contributed by atoms with Crippen LogP contribution in [0.25, 0.3) is 0 Å². The van der Waals surface area contributed by atoms with Gasteiger partial charge in [0.25, 0.3) is 0 Å². The van der Waals surface area contributed by atoms with Crippen LogP contribution < -0.4 is 10.2 Å². The van der Waals surface area contributed by atoms with Crippen molar-refractivity contribution in [3.63, 3.8) is 0 Å². The first-order chi connectivity index (χ1) is 7.65. The highest BCUT2D eigenvalue weighted by Gasteiger charge is 2.29. The largest absolute Gasteiger partial charge is 0.365 e. The van der Waals surface area contributed by atoms with Gasteiger partial charge in [-0.05, 0) is 45.4 Å². The Balaban J connectivity index is 2.31. The normalized spacial score (nSPS) is 16.1. The standard InChI is InChI=1S/C14H22N2/c1-14(2,11-15-3)16-10-6-8-12-7-4-5-9-13(12)16/h4-5,7,9,15H,6,8,10-11H2,1-3H3. The second-order valence-corrected chi connectivity index (χ2v) is 5.23. The number of likely N-dealkylation sites (N-methyl/N-ethyl adjacent to an activating group) is 1. The number of para-hydroxylation sites is 1. The summed E-state index contributed by atoms with van der Waals surface area (Å²) in [7, 11) is 2.03. The number of rotatable bonds is 3. The van der Waals surface area contributed by atoms with Gasteiger partial charge in [0.05, 0.1) is 0 Å². The molecule has 1 aromatic rings. The molecule has 0 amide bonds. The topological polar surface area (TPSA) is 15.3 Å². The van der Waals surface area contributed by atoms with E-state index in [1.54, 1.807) is 0 Å². The minimum Gasteiger partial charge on any atom is -0.365 e. The van der Waals surface area contributed by atoms with E-state index < -0.39 is 0 Å². The summed E-state index contributed by atoms with van der Waals surface area (Å²) in [6, 6.07) is 8.81. The zero-order valence-electron chi connectivity index (χ0n) is 10.6. The number of nitrogens with one attached hydrogen (secondary N) is 1. The van der Waals surface area contributed by atoms with Crippen molar-refractivity contribution in [3.05, 3.63) is 29.8 Å². The molecule has 2 nitrogen and oxygen atoms in total. The summed E-state index contributed by atoms with van der Waals surface area (Å²) in [5.41, 5.74) is 3.11. The van der Waals surface area contributed by atoms with E-state index in [9.17, 15) is 0 Å². The Kier molecular flexibility index (Phi) is 3.20. The Morgan fingerprint density at radius 1 is 1.31 bits per heavy atom. The molecule has 1 aromatic carbocycles. The molecule has 0 saturated carbocycles. The average Bonchev–Trinajstić information content (AvgIpc) is 2.28. The molecule has 0 atom stereocenters.